The van der Waals surface area contributed by atoms with Gasteiger partial charge in [-0.05, 0) is 31.2 Å². The first-order chi connectivity index (χ1) is 9.84. The normalized spacial score (nSPS) is 11.6. The molecule has 0 radical (unpaired) electrons. The molecule has 0 saturated heterocycles. The molecule has 0 fully saturated rings. The van der Waals surface area contributed by atoms with Crippen LogP contribution in [0.3, 0.4) is 0 Å². The summed E-state index contributed by atoms with van der Waals surface area (Å²) in [5.41, 5.74) is 5.50. The van der Waals surface area contributed by atoms with Crippen molar-refractivity contribution in [2.45, 2.75) is 6.92 Å². The molecule has 20 heavy (non-hydrogen) atoms. The zero-order valence-electron chi connectivity index (χ0n) is 11.0. The Hall–Kier alpha value is -2.82. The number of fused-ring (bicyclic) bond motifs is 1. The van der Waals surface area contributed by atoms with Crippen molar-refractivity contribution in [1.82, 2.24) is 15.0 Å². The van der Waals surface area contributed by atoms with Crippen LogP contribution in [0.5, 0.6) is 0 Å². The van der Waals surface area contributed by atoms with Crippen molar-refractivity contribution in [2.24, 2.45) is 5.10 Å². The van der Waals surface area contributed by atoms with Crippen LogP contribution in [0.15, 0.2) is 60.1 Å². The van der Waals surface area contributed by atoms with Crippen molar-refractivity contribution >= 4 is 22.4 Å². The number of hydrazone groups is 1. The first-order valence-corrected chi connectivity index (χ1v) is 6.26. The Morgan fingerprint density at radius 3 is 2.70 bits per heavy atom. The van der Waals surface area contributed by atoms with Gasteiger partial charge < -0.3 is 0 Å². The molecular formula is C15H13N5. The second-order valence-electron chi connectivity index (χ2n) is 4.26. The van der Waals surface area contributed by atoms with Gasteiger partial charge in [-0.15, -0.1) is 0 Å². The van der Waals surface area contributed by atoms with E-state index in [1.807, 2.05) is 49.4 Å². The Morgan fingerprint density at radius 1 is 1.00 bits per heavy atom. The van der Waals surface area contributed by atoms with Crippen LogP contribution in [-0.4, -0.2) is 20.7 Å². The van der Waals surface area contributed by atoms with Gasteiger partial charge in [-0.2, -0.15) is 5.10 Å². The van der Waals surface area contributed by atoms with Crippen molar-refractivity contribution in [3.63, 3.8) is 0 Å². The van der Waals surface area contributed by atoms with E-state index < -0.39 is 0 Å². The largest absolute Gasteiger partial charge is 0.260 e. The zero-order chi connectivity index (χ0) is 13.8. The van der Waals surface area contributed by atoms with Gasteiger partial charge in [0.25, 0.3) is 0 Å². The number of rotatable bonds is 3. The molecule has 0 aliphatic carbocycles. The third-order valence-electron chi connectivity index (χ3n) is 2.91. The van der Waals surface area contributed by atoms with E-state index in [1.165, 1.54) is 6.33 Å². The Labute approximate surface area is 116 Å². The predicted octanol–water partition coefficient (Wildman–Crippen LogP) is 2.86. The van der Waals surface area contributed by atoms with Crippen LogP contribution in [0, 0.1) is 0 Å². The second-order valence-corrected chi connectivity index (χ2v) is 4.26. The molecule has 0 unspecified atom stereocenters. The van der Waals surface area contributed by atoms with E-state index in [1.54, 1.807) is 6.20 Å². The molecule has 0 saturated carbocycles. The molecule has 2 heterocycles. The van der Waals surface area contributed by atoms with Crippen LogP contribution < -0.4 is 5.43 Å². The minimum Gasteiger partial charge on any atom is -0.260 e. The highest BCUT2D eigenvalue weighted by molar-refractivity contribution is 5.97. The number of nitrogens with one attached hydrogen (secondary N) is 1. The lowest BCUT2D eigenvalue weighted by Crippen LogP contribution is -2.03. The molecule has 3 rings (SSSR count). The summed E-state index contributed by atoms with van der Waals surface area (Å²) >= 11 is 0. The monoisotopic (exact) mass is 263 g/mol. The smallest absolute Gasteiger partial charge is 0.157 e. The number of para-hydroxylation sites is 1. The average Bonchev–Trinajstić information content (AvgIpc) is 2.53. The van der Waals surface area contributed by atoms with E-state index in [0.717, 1.165) is 22.3 Å². The van der Waals surface area contributed by atoms with Crippen LogP contribution in [0.25, 0.3) is 10.9 Å². The molecule has 0 bridgehead atoms. The molecule has 5 nitrogen and oxygen atoms in total. The fourth-order valence-corrected chi connectivity index (χ4v) is 1.86. The lowest BCUT2D eigenvalue weighted by molar-refractivity contribution is 1.17. The Balaban J connectivity index is 1.91. The molecule has 5 heteroatoms. The number of hydrogen-bond donors (Lipinski definition) is 1. The summed E-state index contributed by atoms with van der Waals surface area (Å²) in [6, 6.07) is 13.5. The Kier molecular flexibility index (Phi) is 3.33. The summed E-state index contributed by atoms with van der Waals surface area (Å²) in [4.78, 5) is 12.7. The Morgan fingerprint density at radius 2 is 1.85 bits per heavy atom. The standard InChI is InChI=1S/C15H13N5/c1-11(13-7-4-5-9-16-13)19-20-15-12-6-2-3-8-14(12)17-10-18-15/h2-10H,1H3,(H,17,18,20)/b19-11-. The third-order valence-corrected chi connectivity index (χ3v) is 2.91. The highest BCUT2D eigenvalue weighted by Crippen LogP contribution is 2.18. The number of hydrogen-bond acceptors (Lipinski definition) is 5. The summed E-state index contributed by atoms with van der Waals surface area (Å²) in [6.45, 7) is 1.90. The molecule has 2 aromatic heterocycles. The summed E-state index contributed by atoms with van der Waals surface area (Å²) in [5.74, 6) is 0.686. The minimum absolute atomic E-state index is 0.686. The van der Waals surface area contributed by atoms with Crippen LogP contribution >= 0.6 is 0 Å². The van der Waals surface area contributed by atoms with E-state index in [4.69, 9.17) is 0 Å². The van der Waals surface area contributed by atoms with Gasteiger partial charge in [-0.1, -0.05) is 18.2 Å². The molecule has 1 N–H and O–H groups in total. The lowest BCUT2D eigenvalue weighted by Gasteiger charge is -2.05. The molecular weight excluding hydrogens is 250 g/mol. The van der Waals surface area contributed by atoms with Gasteiger partial charge in [0.2, 0.25) is 0 Å². The van der Waals surface area contributed by atoms with Gasteiger partial charge in [0.15, 0.2) is 5.82 Å². The average molecular weight is 263 g/mol. The van der Waals surface area contributed by atoms with Crippen molar-refractivity contribution in [2.75, 3.05) is 5.43 Å². The van der Waals surface area contributed by atoms with Gasteiger partial charge in [0.1, 0.15) is 6.33 Å². The first kappa shape index (κ1) is 12.2. The van der Waals surface area contributed by atoms with E-state index in [-0.39, 0.29) is 0 Å². The van der Waals surface area contributed by atoms with Crippen molar-refractivity contribution in [3.05, 3.63) is 60.7 Å². The van der Waals surface area contributed by atoms with Crippen molar-refractivity contribution in [1.29, 1.82) is 0 Å². The molecule has 0 spiro atoms. The Bertz CT molecular complexity index is 747. The number of pyridine rings is 1. The number of nitrogens with zero attached hydrogens (tertiary/aromatic N) is 4. The number of anilines is 1. The number of aromatic nitrogens is 3. The SMILES string of the molecule is C/C(=N/Nc1ncnc2ccccc12)c1ccccn1. The van der Waals surface area contributed by atoms with Crippen LogP contribution in [-0.2, 0) is 0 Å². The topological polar surface area (TPSA) is 63.1 Å². The van der Waals surface area contributed by atoms with Crippen molar-refractivity contribution in [3.8, 4) is 0 Å². The van der Waals surface area contributed by atoms with Gasteiger partial charge in [-0.3, -0.25) is 10.4 Å². The predicted molar refractivity (Wildman–Crippen MR) is 79.6 cm³/mol. The molecule has 98 valence electrons. The van der Waals surface area contributed by atoms with Gasteiger partial charge in [0, 0.05) is 11.6 Å². The maximum Gasteiger partial charge on any atom is 0.157 e. The molecule has 1 aromatic carbocycles. The van der Waals surface area contributed by atoms with Crippen LogP contribution in [0.2, 0.25) is 0 Å². The van der Waals surface area contributed by atoms with Crippen LogP contribution in [0.1, 0.15) is 12.6 Å². The van der Waals surface area contributed by atoms with E-state index in [0.29, 0.717) is 5.82 Å². The maximum atomic E-state index is 4.33. The summed E-state index contributed by atoms with van der Waals surface area (Å²) < 4.78 is 0. The molecule has 0 aliphatic rings. The zero-order valence-corrected chi connectivity index (χ0v) is 11.0. The fraction of sp³-hybridized carbons (Fsp3) is 0.0667. The van der Waals surface area contributed by atoms with E-state index in [9.17, 15) is 0 Å². The second kappa shape index (κ2) is 5.44. The fourth-order valence-electron chi connectivity index (χ4n) is 1.86. The third kappa shape index (κ3) is 2.47. The number of benzene rings is 1. The van der Waals surface area contributed by atoms with Gasteiger partial charge in [-0.25, -0.2) is 9.97 Å². The van der Waals surface area contributed by atoms with Gasteiger partial charge >= 0.3 is 0 Å². The summed E-state index contributed by atoms with van der Waals surface area (Å²) in [5, 5.41) is 5.27. The summed E-state index contributed by atoms with van der Waals surface area (Å²) in [7, 11) is 0. The first-order valence-electron chi connectivity index (χ1n) is 6.26. The highest BCUT2D eigenvalue weighted by atomic mass is 15.3. The van der Waals surface area contributed by atoms with Crippen molar-refractivity contribution < 1.29 is 0 Å². The minimum atomic E-state index is 0.686. The quantitative estimate of drug-likeness (QED) is 0.583. The molecule has 0 amide bonds. The molecule has 0 aliphatic heterocycles. The maximum absolute atomic E-state index is 4.33. The molecule has 0 atom stereocenters. The van der Waals surface area contributed by atoms with E-state index >= 15 is 0 Å². The molecule has 3 aromatic rings. The van der Waals surface area contributed by atoms with Crippen LogP contribution in [0.4, 0.5) is 5.82 Å². The highest BCUT2D eigenvalue weighted by Gasteiger charge is 2.02. The van der Waals surface area contributed by atoms with E-state index in [2.05, 4.69) is 25.5 Å². The summed E-state index contributed by atoms with van der Waals surface area (Å²) in [6.07, 6.45) is 3.27. The lowest BCUT2D eigenvalue weighted by atomic mass is 10.2. The van der Waals surface area contributed by atoms with Gasteiger partial charge in [0.05, 0.1) is 16.9 Å².